The quantitative estimate of drug-likeness (QED) is 0.221. The molecule has 0 unspecified atom stereocenters. The molecule has 38 heavy (non-hydrogen) atoms. The van der Waals surface area contributed by atoms with Gasteiger partial charge in [-0.15, -0.1) is 0 Å². The summed E-state index contributed by atoms with van der Waals surface area (Å²) >= 11 is 0. The van der Waals surface area contributed by atoms with Gasteiger partial charge in [-0.3, -0.25) is 8.80 Å². The summed E-state index contributed by atoms with van der Waals surface area (Å²) in [6.07, 6.45) is 0. The van der Waals surface area contributed by atoms with Crippen LogP contribution in [-0.4, -0.2) is 23.2 Å². The van der Waals surface area contributed by atoms with Crippen molar-refractivity contribution in [2.45, 2.75) is 19.3 Å². The normalized spacial score (nSPS) is 14.8. The Bertz CT molecular complexity index is 2480. The lowest BCUT2D eigenvalue weighted by Gasteiger charge is -2.21. The van der Waals surface area contributed by atoms with Crippen molar-refractivity contribution in [3.8, 4) is 11.1 Å². The van der Waals surface area contributed by atoms with Gasteiger partial charge in [0.15, 0.2) is 0 Å². The fourth-order valence-electron chi connectivity index (χ4n) is 7.25. The number of imidazole rings is 4. The van der Waals surface area contributed by atoms with Gasteiger partial charge in [-0.2, -0.15) is 0 Å². The first-order chi connectivity index (χ1) is 18.6. The topological polar surface area (TPSA) is 39.0 Å². The van der Waals surface area contributed by atoms with E-state index in [0.29, 0.717) is 0 Å². The summed E-state index contributed by atoms with van der Waals surface area (Å²) < 4.78 is 6.92. The molecule has 0 saturated carbocycles. The third kappa shape index (κ3) is 1.95. The average molecular weight is 488 g/mol. The zero-order chi connectivity index (χ0) is 24.9. The minimum Gasteiger partial charge on any atom is -0.276 e. The maximum absolute atomic E-state index is 5.25. The van der Waals surface area contributed by atoms with Crippen molar-refractivity contribution < 1.29 is 0 Å². The minimum atomic E-state index is -0.0547. The van der Waals surface area contributed by atoms with Gasteiger partial charge in [0.2, 0.25) is 11.6 Å². The molecular formula is C33H21N5. The Labute approximate surface area is 216 Å². The van der Waals surface area contributed by atoms with E-state index in [4.69, 9.17) is 9.97 Å². The third-order valence-electron chi connectivity index (χ3n) is 8.95. The van der Waals surface area contributed by atoms with Gasteiger partial charge in [0, 0.05) is 11.0 Å². The Morgan fingerprint density at radius 3 is 2.13 bits per heavy atom. The van der Waals surface area contributed by atoms with Crippen LogP contribution in [0.3, 0.4) is 0 Å². The van der Waals surface area contributed by atoms with Gasteiger partial charge in [0.1, 0.15) is 5.52 Å². The molecule has 0 spiro atoms. The highest BCUT2D eigenvalue weighted by Crippen LogP contribution is 2.51. The molecular weight excluding hydrogens is 466 g/mol. The van der Waals surface area contributed by atoms with E-state index in [0.717, 1.165) is 44.7 Å². The second-order valence-corrected chi connectivity index (χ2v) is 11.2. The van der Waals surface area contributed by atoms with Gasteiger partial charge in [-0.1, -0.05) is 74.5 Å². The van der Waals surface area contributed by atoms with Crippen LogP contribution in [0.5, 0.6) is 0 Å². The molecule has 0 saturated heterocycles. The lowest BCUT2D eigenvalue weighted by Crippen LogP contribution is -2.14. The molecule has 5 heteroatoms. The maximum Gasteiger partial charge on any atom is 0.223 e. The first-order valence-electron chi connectivity index (χ1n) is 13.1. The molecule has 0 fully saturated rings. The second kappa shape index (κ2) is 5.97. The fourth-order valence-corrected chi connectivity index (χ4v) is 7.25. The van der Waals surface area contributed by atoms with Crippen molar-refractivity contribution >= 4 is 60.9 Å². The van der Waals surface area contributed by atoms with E-state index in [1.807, 2.05) is 0 Å². The molecule has 1 aliphatic carbocycles. The molecule has 1 aliphatic rings. The second-order valence-electron chi connectivity index (χ2n) is 11.2. The van der Waals surface area contributed by atoms with Gasteiger partial charge in [0.25, 0.3) is 0 Å². The van der Waals surface area contributed by atoms with Crippen LogP contribution in [0.15, 0.2) is 91.0 Å². The van der Waals surface area contributed by atoms with Crippen molar-refractivity contribution in [1.82, 2.24) is 23.2 Å². The summed E-state index contributed by atoms with van der Waals surface area (Å²) in [7, 11) is 0. The van der Waals surface area contributed by atoms with Crippen molar-refractivity contribution in [1.29, 1.82) is 0 Å². The molecule has 4 heterocycles. The molecule has 10 rings (SSSR count). The molecule has 4 aromatic heterocycles. The molecule has 0 amide bonds. The number of rotatable bonds is 0. The van der Waals surface area contributed by atoms with Crippen LogP contribution in [0.25, 0.3) is 72.1 Å². The van der Waals surface area contributed by atoms with Gasteiger partial charge in [-0.05, 0) is 57.8 Å². The van der Waals surface area contributed by atoms with E-state index >= 15 is 0 Å². The van der Waals surface area contributed by atoms with Crippen LogP contribution in [0.1, 0.15) is 25.0 Å². The lowest BCUT2D eigenvalue weighted by molar-refractivity contribution is 0.661. The number of aromatic nitrogens is 5. The largest absolute Gasteiger partial charge is 0.276 e. The van der Waals surface area contributed by atoms with Crippen molar-refractivity contribution in [2.75, 3.05) is 0 Å². The van der Waals surface area contributed by atoms with Crippen LogP contribution in [0, 0.1) is 0 Å². The number of hydrogen-bond acceptors (Lipinski definition) is 2. The van der Waals surface area contributed by atoms with Gasteiger partial charge < -0.3 is 0 Å². The van der Waals surface area contributed by atoms with Crippen LogP contribution in [0.2, 0.25) is 0 Å². The van der Waals surface area contributed by atoms with Crippen LogP contribution in [-0.2, 0) is 5.41 Å². The summed E-state index contributed by atoms with van der Waals surface area (Å²) in [6, 6.07) is 32.9. The number of para-hydroxylation sites is 1. The Morgan fingerprint density at radius 2 is 1.26 bits per heavy atom. The maximum atomic E-state index is 5.25. The van der Waals surface area contributed by atoms with Crippen LogP contribution in [0.4, 0.5) is 0 Å². The third-order valence-corrected chi connectivity index (χ3v) is 8.95. The molecule has 0 N–H and O–H groups in total. The molecule has 5 nitrogen and oxygen atoms in total. The zero-order valence-corrected chi connectivity index (χ0v) is 20.9. The number of nitrogens with zero attached hydrogens (tertiary/aromatic N) is 5. The summed E-state index contributed by atoms with van der Waals surface area (Å²) in [5.41, 5.74) is 13.1. The smallest absolute Gasteiger partial charge is 0.223 e. The van der Waals surface area contributed by atoms with Crippen molar-refractivity contribution in [3.05, 3.63) is 102 Å². The van der Waals surface area contributed by atoms with Gasteiger partial charge in [-0.25, -0.2) is 14.4 Å². The molecule has 9 aromatic rings. The van der Waals surface area contributed by atoms with E-state index in [9.17, 15) is 0 Å². The van der Waals surface area contributed by atoms with E-state index in [-0.39, 0.29) is 5.41 Å². The predicted octanol–water partition coefficient (Wildman–Crippen LogP) is 7.59. The lowest BCUT2D eigenvalue weighted by atomic mass is 9.82. The SMILES string of the molecule is CC1(C)c2ccccc2-c2c1ccc1nc3n(c4cccc5c4n3c3nc4cc6ccccc6cc4n53)c21. The summed E-state index contributed by atoms with van der Waals surface area (Å²) in [5.74, 6) is 1.82. The zero-order valence-electron chi connectivity index (χ0n) is 20.9. The summed E-state index contributed by atoms with van der Waals surface area (Å²) in [5, 5.41) is 2.43. The first kappa shape index (κ1) is 19.2. The van der Waals surface area contributed by atoms with Crippen LogP contribution >= 0.6 is 0 Å². The standard InChI is InChI=1S/C33H21N5/c1-33(2)21-11-6-5-10-20(21)28-22(33)14-15-23-29(28)37-26-13-7-12-25-30(26)38(32(37)34-23)31-35-24-16-18-8-3-4-9-19(18)17-27(24)36(25)31/h3-17H,1-2H3. The Morgan fingerprint density at radius 1 is 0.553 bits per heavy atom. The van der Waals surface area contributed by atoms with E-state index < -0.39 is 0 Å². The van der Waals surface area contributed by atoms with E-state index in [1.165, 1.54) is 38.5 Å². The highest BCUT2D eigenvalue weighted by molar-refractivity contribution is 6.08. The van der Waals surface area contributed by atoms with Gasteiger partial charge >= 0.3 is 0 Å². The molecule has 0 atom stereocenters. The molecule has 0 bridgehead atoms. The Hall–Kier alpha value is -4.90. The highest BCUT2D eigenvalue weighted by Gasteiger charge is 2.37. The van der Waals surface area contributed by atoms with E-state index in [2.05, 4.69) is 118 Å². The molecule has 5 aromatic carbocycles. The summed E-state index contributed by atoms with van der Waals surface area (Å²) in [4.78, 5) is 10.4. The van der Waals surface area contributed by atoms with Crippen LogP contribution < -0.4 is 0 Å². The molecule has 178 valence electrons. The van der Waals surface area contributed by atoms with Crippen molar-refractivity contribution in [2.24, 2.45) is 0 Å². The summed E-state index contributed by atoms with van der Waals surface area (Å²) in [6.45, 7) is 4.66. The molecule has 0 radical (unpaired) electrons. The minimum absolute atomic E-state index is 0.0547. The first-order valence-corrected chi connectivity index (χ1v) is 13.1. The number of hydrogen-bond donors (Lipinski definition) is 0. The highest BCUT2D eigenvalue weighted by atomic mass is 15.3. The Kier molecular flexibility index (Phi) is 3.02. The fraction of sp³-hybridized carbons (Fsp3) is 0.0909. The van der Waals surface area contributed by atoms with Crippen molar-refractivity contribution in [3.63, 3.8) is 0 Å². The predicted molar refractivity (Wildman–Crippen MR) is 154 cm³/mol. The monoisotopic (exact) mass is 487 g/mol. The molecule has 0 aliphatic heterocycles. The number of fused-ring (bicyclic) bond motifs is 15. The number of benzene rings is 5. The Balaban J connectivity index is 1.44. The van der Waals surface area contributed by atoms with E-state index in [1.54, 1.807) is 0 Å². The van der Waals surface area contributed by atoms with Gasteiger partial charge in [0.05, 0.1) is 33.1 Å². The average Bonchev–Trinajstić information content (AvgIpc) is 3.69.